The van der Waals surface area contributed by atoms with Crippen molar-refractivity contribution in [3.63, 3.8) is 0 Å². The molecule has 78 valence electrons. The average Bonchev–Trinajstić information content (AvgIpc) is 2.15. The van der Waals surface area contributed by atoms with Crippen LogP contribution < -0.4 is 10.6 Å². The first-order chi connectivity index (χ1) is 7.09. The van der Waals surface area contributed by atoms with Gasteiger partial charge >= 0.3 is 0 Å². The Kier molecular flexibility index (Phi) is 2.36. The van der Waals surface area contributed by atoms with E-state index < -0.39 is 11.8 Å². The Morgan fingerprint density at radius 3 is 2.80 bits per heavy atom. The van der Waals surface area contributed by atoms with E-state index >= 15 is 0 Å². The van der Waals surface area contributed by atoms with Crippen LogP contribution in [0.1, 0.15) is 0 Å². The van der Waals surface area contributed by atoms with Gasteiger partial charge in [0, 0.05) is 17.3 Å². The number of nitrogens with two attached hydrogens (primary N) is 1. The van der Waals surface area contributed by atoms with E-state index in [2.05, 4.69) is 0 Å². The summed E-state index contributed by atoms with van der Waals surface area (Å²) < 4.78 is 0. The normalized spacial score (nSPS) is 19.9. The fourth-order valence-electron chi connectivity index (χ4n) is 1.51. The SMILES string of the molecule is NC(=O)C1CN(c2cccc(Cl)c2)C1=O. The molecule has 1 aliphatic rings. The van der Waals surface area contributed by atoms with Crippen LogP contribution in [0.25, 0.3) is 0 Å². The van der Waals surface area contributed by atoms with Crippen molar-refractivity contribution in [3.05, 3.63) is 29.3 Å². The molecule has 15 heavy (non-hydrogen) atoms. The van der Waals surface area contributed by atoms with Crippen molar-refractivity contribution in [2.75, 3.05) is 11.4 Å². The summed E-state index contributed by atoms with van der Waals surface area (Å²) in [5, 5.41) is 0.558. The fraction of sp³-hybridized carbons (Fsp3) is 0.200. The highest BCUT2D eigenvalue weighted by Gasteiger charge is 2.41. The minimum Gasteiger partial charge on any atom is -0.369 e. The first-order valence-electron chi connectivity index (χ1n) is 4.46. The molecule has 1 aromatic carbocycles. The molecule has 0 bridgehead atoms. The fourth-order valence-corrected chi connectivity index (χ4v) is 1.70. The summed E-state index contributed by atoms with van der Waals surface area (Å²) in [6, 6.07) is 6.92. The van der Waals surface area contributed by atoms with E-state index in [9.17, 15) is 9.59 Å². The second-order valence-corrected chi connectivity index (χ2v) is 3.82. The second-order valence-electron chi connectivity index (χ2n) is 3.38. The summed E-state index contributed by atoms with van der Waals surface area (Å²) in [6.45, 7) is 0.342. The lowest BCUT2D eigenvalue weighted by atomic mass is 9.97. The van der Waals surface area contributed by atoms with E-state index in [-0.39, 0.29) is 5.91 Å². The summed E-state index contributed by atoms with van der Waals surface area (Å²) >= 11 is 5.79. The Morgan fingerprint density at radius 1 is 1.53 bits per heavy atom. The smallest absolute Gasteiger partial charge is 0.241 e. The third kappa shape index (κ3) is 1.68. The predicted molar refractivity (Wildman–Crippen MR) is 56.5 cm³/mol. The Labute approximate surface area is 91.6 Å². The van der Waals surface area contributed by atoms with Crippen molar-refractivity contribution >= 4 is 29.1 Å². The number of carbonyl (C=O) groups is 2. The van der Waals surface area contributed by atoms with Gasteiger partial charge in [-0.3, -0.25) is 9.59 Å². The molecule has 2 N–H and O–H groups in total. The minimum atomic E-state index is -0.677. The Bertz CT molecular complexity index is 433. The third-order valence-electron chi connectivity index (χ3n) is 2.39. The Balaban J connectivity index is 2.16. The highest BCUT2D eigenvalue weighted by Crippen LogP contribution is 2.27. The minimum absolute atomic E-state index is 0.259. The largest absolute Gasteiger partial charge is 0.369 e. The van der Waals surface area contributed by atoms with Gasteiger partial charge in [0.2, 0.25) is 11.8 Å². The summed E-state index contributed by atoms with van der Waals surface area (Å²) in [6.07, 6.45) is 0. The number of β-lactam (4-membered cyclic amide) rings is 1. The van der Waals surface area contributed by atoms with Crippen LogP contribution in [0.4, 0.5) is 5.69 Å². The summed E-state index contributed by atoms with van der Waals surface area (Å²) in [7, 11) is 0. The molecule has 1 atom stereocenters. The molecule has 0 aromatic heterocycles. The number of hydrogen-bond acceptors (Lipinski definition) is 2. The molecule has 2 rings (SSSR count). The van der Waals surface area contributed by atoms with Crippen molar-refractivity contribution in [2.45, 2.75) is 0 Å². The Morgan fingerprint density at radius 2 is 2.27 bits per heavy atom. The van der Waals surface area contributed by atoms with Gasteiger partial charge in [0.1, 0.15) is 5.92 Å². The van der Waals surface area contributed by atoms with Crippen molar-refractivity contribution in [1.82, 2.24) is 0 Å². The number of benzene rings is 1. The number of nitrogens with zero attached hydrogens (tertiary/aromatic N) is 1. The first-order valence-corrected chi connectivity index (χ1v) is 4.83. The van der Waals surface area contributed by atoms with Crippen molar-refractivity contribution < 1.29 is 9.59 Å². The molecule has 1 aromatic rings. The molecule has 2 amide bonds. The predicted octanol–water partition coefficient (Wildman–Crippen LogP) is 0.788. The molecule has 1 aliphatic heterocycles. The van der Waals surface area contributed by atoms with E-state index in [1.165, 1.54) is 4.90 Å². The van der Waals surface area contributed by atoms with Crippen LogP contribution in [0.5, 0.6) is 0 Å². The van der Waals surface area contributed by atoms with Crippen LogP contribution >= 0.6 is 11.6 Å². The zero-order chi connectivity index (χ0) is 11.0. The van der Waals surface area contributed by atoms with Gasteiger partial charge < -0.3 is 10.6 Å². The van der Waals surface area contributed by atoms with Gasteiger partial charge in [0.15, 0.2) is 0 Å². The molecule has 1 unspecified atom stereocenters. The van der Waals surface area contributed by atoms with Gasteiger partial charge in [-0.05, 0) is 18.2 Å². The summed E-state index contributed by atoms with van der Waals surface area (Å²) in [5.41, 5.74) is 5.74. The molecular weight excluding hydrogens is 216 g/mol. The maximum absolute atomic E-state index is 11.5. The third-order valence-corrected chi connectivity index (χ3v) is 2.63. The highest BCUT2D eigenvalue weighted by atomic mass is 35.5. The van der Waals surface area contributed by atoms with Crippen LogP contribution in [0.2, 0.25) is 5.02 Å². The van der Waals surface area contributed by atoms with Crippen molar-refractivity contribution in [1.29, 1.82) is 0 Å². The van der Waals surface area contributed by atoms with E-state index in [1.807, 2.05) is 0 Å². The lowest BCUT2D eigenvalue weighted by Crippen LogP contribution is -2.57. The molecular formula is C10H9ClN2O2. The number of amides is 2. The zero-order valence-corrected chi connectivity index (χ0v) is 8.57. The van der Waals surface area contributed by atoms with Gasteiger partial charge in [0.25, 0.3) is 0 Å². The number of rotatable bonds is 2. The molecule has 4 nitrogen and oxygen atoms in total. The van der Waals surface area contributed by atoms with Gasteiger partial charge in [-0.25, -0.2) is 0 Å². The van der Waals surface area contributed by atoms with Gasteiger partial charge in [-0.2, -0.15) is 0 Å². The maximum atomic E-state index is 11.5. The number of primary amides is 1. The quantitative estimate of drug-likeness (QED) is 0.596. The van der Waals surface area contributed by atoms with Crippen LogP contribution in [-0.4, -0.2) is 18.4 Å². The van der Waals surface area contributed by atoms with E-state index in [0.29, 0.717) is 17.3 Å². The molecule has 1 saturated heterocycles. The van der Waals surface area contributed by atoms with Gasteiger partial charge in [-0.15, -0.1) is 0 Å². The molecule has 0 aliphatic carbocycles. The van der Waals surface area contributed by atoms with Crippen LogP contribution in [0, 0.1) is 5.92 Å². The standard InChI is InChI=1S/C10H9ClN2O2/c11-6-2-1-3-7(4-6)13-5-8(9(12)14)10(13)15/h1-4,8H,5H2,(H2,12,14). The van der Waals surface area contributed by atoms with Gasteiger partial charge in [-0.1, -0.05) is 17.7 Å². The molecule has 0 saturated carbocycles. The van der Waals surface area contributed by atoms with Gasteiger partial charge in [0.05, 0.1) is 0 Å². The van der Waals surface area contributed by atoms with Crippen LogP contribution in [0.15, 0.2) is 24.3 Å². The summed E-state index contributed by atoms with van der Waals surface area (Å²) in [5.74, 6) is -1.51. The molecule has 1 heterocycles. The number of halogens is 1. The Hall–Kier alpha value is -1.55. The zero-order valence-electron chi connectivity index (χ0n) is 7.81. The number of carbonyl (C=O) groups excluding carboxylic acids is 2. The first kappa shape index (κ1) is 9.98. The molecule has 0 spiro atoms. The van der Waals surface area contributed by atoms with E-state index in [4.69, 9.17) is 17.3 Å². The van der Waals surface area contributed by atoms with E-state index in [0.717, 1.165) is 0 Å². The highest BCUT2D eigenvalue weighted by molar-refractivity contribution is 6.31. The van der Waals surface area contributed by atoms with E-state index in [1.54, 1.807) is 24.3 Å². The van der Waals surface area contributed by atoms with Crippen molar-refractivity contribution in [2.24, 2.45) is 11.7 Å². The summed E-state index contributed by atoms with van der Waals surface area (Å²) in [4.78, 5) is 23.8. The second kappa shape index (κ2) is 3.55. The number of anilines is 1. The van der Waals surface area contributed by atoms with Crippen LogP contribution in [0.3, 0.4) is 0 Å². The van der Waals surface area contributed by atoms with Crippen molar-refractivity contribution in [3.8, 4) is 0 Å². The average molecular weight is 225 g/mol. The lowest BCUT2D eigenvalue weighted by molar-refractivity contribution is -0.136. The molecule has 0 radical (unpaired) electrons. The molecule has 5 heteroatoms. The monoisotopic (exact) mass is 224 g/mol. The maximum Gasteiger partial charge on any atom is 0.241 e. The van der Waals surface area contributed by atoms with Crippen LogP contribution in [-0.2, 0) is 9.59 Å². The lowest BCUT2D eigenvalue weighted by Gasteiger charge is -2.36. The molecule has 1 fully saturated rings. The topological polar surface area (TPSA) is 63.4 Å². The number of hydrogen-bond donors (Lipinski definition) is 1.